The van der Waals surface area contributed by atoms with Crippen molar-refractivity contribution in [2.45, 2.75) is 0 Å². The summed E-state index contributed by atoms with van der Waals surface area (Å²) in [5.41, 5.74) is 0. The first kappa shape index (κ1) is 10.4. The van der Waals surface area contributed by atoms with Gasteiger partial charge in [0.25, 0.3) is 0 Å². The van der Waals surface area contributed by atoms with E-state index in [-0.39, 0.29) is 21.0 Å². The summed E-state index contributed by atoms with van der Waals surface area (Å²) in [6.07, 6.45) is 0. The van der Waals surface area contributed by atoms with E-state index in [1.165, 1.54) is 0 Å². The molecule has 5 heteroatoms. The van der Waals surface area contributed by atoms with Gasteiger partial charge in [0.05, 0.1) is 0 Å². The van der Waals surface area contributed by atoms with E-state index in [2.05, 4.69) is 46.5 Å². The molecule has 0 aromatic heterocycles. The van der Waals surface area contributed by atoms with Gasteiger partial charge in [0, 0.05) is 0 Å². The lowest BCUT2D eigenvalue weighted by Gasteiger charge is -1.70. The van der Waals surface area contributed by atoms with Crippen LogP contribution in [-0.4, -0.2) is 0 Å². The molecule has 0 atom stereocenters. The lowest BCUT2D eigenvalue weighted by Crippen LogP contribution is -0.878. The van der Waals surface area contributed by atoms with Crippen molar-refractivity contribution in [2.75, 3.05) is 0 Å². The SMILES string of the molecule is Br.BrP(Br)Br. The monoisotopic (exact) mass is 348 g/mol. The van der Waals surface area contributed by atoms with Crippen molar-refractivity contribution < 1.29 is 0 Å². The van der Waals surface area contributed by atoms with Gasteiger partial charge in [0.2, 0.25) is 0 Å². The molecule has 0 aliphatic heterocycles. The summed E-state index contributed by atoms with van der Waals surface area (Å²) in [6, 6.07) is 0. The minimum atomic E-state index is -0.183. The molecular weight excluding hydrogens is 351 g/mol. The van der Waals surface area contributed by atoms with Crippen LogP contribution in [-0.2, 0) is 0 Å². The Balaban J connectivity index is 0. The highest BCUT2D eigenvalue weighted by molar-refractivity contribution is 9.93. The van der Waals surface area contributed by atoms with Crippen molar-refractivity contribution in [1.82, 2.24) is 0 Å². The lowest BCUT2D eigenvalue weighted by atomic mass is 30.9. The van der Waals surface area contributed by atoms with Gasteiger partial charge in [-0.1, -0.05) is 0 Å². The maximum Gasteiger partial charge on any atom is 0.103 e. The van der Waals surface area contributed by atoms with E-state index in [9.17, 15) is 0 Å². The van der Waals surface area contributed by atoms with Crippen molar-refractivity contribution in [3.05, 3.63) is 0 Å². The third kappa shape index (κ3) is 21.8. The van der Waals surface area contributed by atoms with Crippen LogP contribution >= 0.6 is 67.5 Å². The van der Waals surface area contributed by atoms with Gasteiger partial charge >= 0.3 is 0 Å². The second kappa shape index (κ2) is 6.35. The number of hydrogen-bond donors (Lipinski definition) is 0. The fourth-order valence-electron chi connectivity index (χ4n) is 0. The van der Waals surface area contributed by atoms with E-state index >= 15 is 0 Å². The zero-order chi connectivity index (χ0) is 3.58. The molecule has 0 nitrogen and oxygen atoms in total. The maximum atomic E-state index is 3.17. The van der Waals surface area contributed by atoms with Crippen molar-refractivity contribution in [1.29, 1.82) is 0 Å². The van der Waals surface area contributed by atoms with Crippen LogP contribution in [0.2, 0.25) is 0 Å². The Labute approximate surface area is 66.8 Å². The van der Waals surface area contributed by atoms with E-state index in [1.807, 2.05) is 0 Å². The average molecular weight is 352 g/mol. The molecule has 0 bridgehead atoms. The fraction of sp³-hybridized carbons (Fsp3) is 0. The van der Waals surface area contributed by atoms with Crippen LogP contribution in [0.25, 0.3) is 0 Å². The second-order valence-corrected chi connectivity index (χ2v) is 15.5. The molecular formula is HBr4P. The summed E-state index contributed by atoms with van der Waals surface area (Å²) in [5, 5.41) is 0. The molecule has 0 heterocycles. The van der Waals surface area contributed by atoms with Crippen LogP contribution in [0.1, 0.15) is 0 Å². The van der Waals surface area contributed by atoms with E-state index in [0.29, 0.717) is 0 Å². The largest absolute Gasteiger partial charge is 0.114 e. The van der Waals surface area contributed by atoms with Crippen LogP contribution < -0.4 is 0 Å². The lowest BCUT2D eigenvalue weighted by molar-refractivity contribution is 5.92. The van der Waals surface area contributed by atoms with Crippen molar-refractivity contribution in [2.24, 2.45) is 0 Å². The Morgan fingerprint density at radius 3 is 1.00 bits per heavy atom. The maximum absolute atomic E-state index is 3.17. The summed E-state index contributed by atoms with van der Waals surface area (Å²) in [4.78, 5) is 0. The molecule has 0 aromatic carbocycles. The van der Waals surface area contributed by atoms with Gasteiger partial charge in [-0.2, -0.15) is 0 Å². The first-order valence-corrected chi connectivity index (χ1v) is 7.90. The molecule has 0 amide bonds. The molecule has 0 unspecified atom stereocenters. The number of rotatable bonds is 0. The zero-order valence-corrected chi connectivity index (χ0v) is 9.35. The first-order chi connectivity index (χ1) is 1.73. The van der Waals surface area contributed by atoms with Gasteiger partial charge in [0.15, 0.2) is 0 Å². The van der Waals surface area contributed by atoms with Gasteiger partial charge in [-0.25, -0.2) is 0 Å². The third-order valence-electron chi connectivity index (χ3n) is 0. The minimum Gasteiger partial charge on any atom is -0.114 e. The van der Waals surface area contributed by atoms with Gasteiger partial charge in [-0.3, -0.25) is 0 Å². The van der Waals surface area contributed by atoms with Crippen LogP contribution in [0.5, 0.6) is 0 Å². The molecule has 34 valence electrons. The summed E-state index contributed by atoms with van der Waals surface area (Å²) in [6.45, 7) is 0. The van der Waals surface area contributed by atoms with Gasteiger partial charge in [-0.15, -0.1) is 17.0 Å². The Hall–Kier alpha value is 2.35. The number of halogens is 4. The summed E-state index contributed by atoms with van der Waals surface area (Å²) < 4.78 is -0.183. The van der Waals surface area contributed by atoms with Gasteiger partial charge < -0.3 is 0 Å². The quantitative estimate of drug-likeness (QED) is 0.579. The Morgan fingerprint density at radius 1 is 1.00 bits per heavy atom. The molecule has 0 rings (SSSR count). The van der Waals surface area contributed by atoms with Crippen molar-refractivity contribution >= 4 is 67.5 Å². The van der Waals surface area contributed by atoms with Crippen LogP contribution in [0, 0.1) is 0 Å². The second-order valence-electron chi connectivity index (χ2n) is 0.192. The van der Waals surface area contributed by atoms with Gasteiger partial charge in [-0.05, 0) is 46.5 Å². The minimum absolute atomic E-state index is 0. The fourth-order valence-corrected chi connectivity index (χ4v) is 0. The molecule has 0 aliphatic rings. The standard InChI is InChI=1S/Br3P.BrH/c1-4(2)3;/h;1H. The van der Waals surface area contributed by atoms with E-state index in [4.69, 9.17) is 0 Å². The Kier molecular flexibility index (Phi) is 13.2. The van der Waals surface area contributed by atoms with E-state index < -0.39 is 0 Å². The summed E-state index contributed by atoms with van der Waals surface area (Å²) >= 11 is 9.51. The molecule has 5 heavy (non-hydrogen) atoms. The Morgan fingerprint density at radius 2 is 1.00 bits per heavy atom. The predicted molar refractivity (Wildman–Crippen MR) is 44.0 cm³/mol. The smallest absolute Gasteiger partial charge is 0.103 e. The van der Waals surface area contributed by atoms with E-state index in [0.717, 1.165) is 0 Å². The molecule has 0 fully saturated rings. The zero-order valence-electron chi connectivity index (χ0n) is 1.99. The average Bonchev–Trinajstić information content (AvgIpc) is 0.811. The first-order valence-electron chi connectivity index (χ1n) is 0.507. The Bertz CT molecular complexity index is 8.36. The predicted octanol–water partition coefficient (Wildman–Crippen LogP) is 3.98. The van der Waals surface area contributed by atoms with Crippen molar-refractivity contribution in [3.63, 3.8) is 0 Å². The summed E-state index contributed by atoms with van der Waals surface area (Å²) in [7, 11) is 0. The van der Waals surface area contributed by atoms with Crippen molar-refractivity contribution in [3.8, 4) is 0 Å². The molecule has 0 aliphatic carbocycles. The highest BCUT2D eigenvalue weighted by atomic mass is 80.0. The molecule has 0 aromatic rings. The molecule has 0 N–H and O–H groups in total. The normalized spacial score (nSPS) is 7.20. The molecule has 0 spiro atoms. The van der Waals surface area contributed by atoms with Crippen LogP contribution in [0.4, 0.5) is 0 Å². The molecule has 0 radical (unpaired) electrons. The highest BCUT2D eigenvalue weighted by Gasteiger charge is 1.77. The van der Waals surface area contributed by atoms with Crippen LogP contribution in [0.15, 0.2) is 0 Å². The molecule has 0 saturated carbocycles. The third-order valence-corrected chi connectivity index (χ3v) is 0. The van der Waals surface area contributed by atoms with Crippen LogP contribution in [0.3, 0.4) is 0 Å². The number of hydrogen-bond acceptors (Lipinski definition) is 0. The summed E-state index contributed by atoms with van der Waals surface area (Å²) in [5.74, 6) is 0. The van der Waals surface area contributed by atoms with E-state index in [1.54, 1.807) is 0 Å². The highest BCUT2D eigenvalue weighted by Crippen LogP contribution is 2.59. The van der Waals surface area contributed by atoms with Gasteiger partial charge in [0.1, 0.15) is 4.03 Å². The topological polar surface area (TPSA) is 0 Å². The molecule has 0 saturated heterocycles.